The Hall–Kier alpha value is -2.03. The number of unbranched alkanes of at least 4 members (excludes halogenated alkanes) is 8. The fraction of sp³-hybridized carbons (Fsp3) is 0.783. The van der Waals surface area contributed by atoms with Crippen LogP contribution in [-0.2, 0) is 14.3 Å². The van der Waals surface area contributed by atoms with Crippen LogP contribution in [0.5, 0.6) is 0 Å². The topological polar surface area (TPSA) is 72.7 Å². The van der Waals surface area contributed by atoms with Crippen molar-refractivity contribution in [2.45, 2.75) is 97.6 Å². The van der Waals surface area contributed by atoms with Gasteiger partial charge in [0, 0.05) is 38.3 Å². The van der Waals surface area contributed by atoms with E-state index in [1.54, 1.807) is 11.5 Å². The highest BCUT2D eigenvalue weighted by Crippen LogP contribution is 2.12. The van der Waals surface area contributed by atoms with Gasteiger partial charge < -0.3 is 14.6 Å². The van der Waals surface area contributed by atoms with Crippen LogP contribution in [0.1, 0.15) is 91.4 Å². The second kappa shape index (κ2) is 14.9. The summed E-state index contributed by atoms with van der Waals surface area (Å²) in [4.78, 5) is 24.7. The highest BCUT2D eigenvalue weighted by Gasteiger charge is 2.19. The van der Waals surface area contributed by atoms with Crippen LogP contribution in [0.4, 0.5) is 0 Å². The number of rotatable bonds is 14. The molecule has 0 radical (unpaired) electrons. The number of ether oxygens (including phenoxy) is 1. The van der Waals surface area contributed by atoms with E-state index in [1.807, 2.05) is 11.8 Å². The fourth-order valence-corrected chi connectivity index (χ4v) is 3.41. The number of carboxylic acids is 1. The maximum Gasteiger partial charge on any atom is 0.307 e. The van der Waals surface area contributed by atoms with Gasteiger partial charge >= 0.3 is 5.97 Å². The normalized spacial score (nSPS) is 17.7. The van der Waals surface area contributed by atoms with Crippen molar-refractivity contribution in [3.63, 3.8) is 0 Å². The summed E-state index contributed by atoms with van der Waals surface area (Å²) in [6.07, 6.45) is 11.7. The van der Waals surface area contributed by atoms with Crippen molar-refractivity contribution in [3.8, 4) is 12.0 Å². The summed E-state index contributed by atoms with van der Waals surface area (Å²) in [6, 6.07) is 3.00. The lowest BCUT2D eigenvalue weighted by molar-refractivity contribution is -0.528. The third-order valence-corrected chi connectivity index (χ3v) is 5.23. The summed E-state index contributed by atoms with van der Waals surface area (Å²) in [6.45, 7) is 6.91. The molecule has 0 fully saturated rings. The van der Waals surface area contributed by atoms with E-state index in [2.05, 4.69) is 18.9 Å². The van der Waals surface area contributed by atoms with Gasteiger partial charge in [0.15, 0.2) is 12.8 Å². The van der Waals surface area contributed by atoms with E-state index in [0.29, 0.717) is 25.2 Å². The average molecular weight is 407 g/mol. The molecule has 0 aliphatic carbocycles. The molecule has 0 amide bonds. The van der Waals surface area contributed by atoms with E-state index in [1.165, 1.54) is 44.9 Å². The zero-order chi connectivity index (χ0) is 21.5. The van der Waals surface area contributed by atoms with Gasteiger partial charge in [0.25, 0.3) is 0 Å². The Morgan fingerprint density at radius 1 is 1.14 bits per heavy atom. The van der Waals surface area contributed by atoms with Crippen molar-refractivity contribution in [1.82, 2.24) is 4.90 Å². The van der Waals surface area contributed by atoms with Crippen LogP contribution in [0, 0.1) is 12.0 Å². The Morgan fingerprint density at radius 2 is 1.76 bits per heavy atom. The van der Waals surface area contributed by atoms with Crippen LogP contribution < -0.4 is 5.11 Å². The van der Waals surface area contributed by atoms with Gasteiger partial charge in [-0.05, 0) is 13.3 Å². The Balaban J connectivity index is 2.29. The van der Waals surface area contributed by atoms with Gasteiger partial charge in [0.2, 0.25) is 5.71 Å². The lowest BCUT2D eigenvalue weighted by Gasteiger charge is -2.25. The lowest BCUT2D eigenvalue weighted by Crippen LogP contribution is -2.39. The van der Waals surface area contributed by atoms with E-state index < -0.39 is 12.2 Å². The molecule has 1 aliphatic heterocycles. The first kappa shape index (κ1) is 25.0. The molecule has 29 heavy (non-hydrogen) atoms. The molecule has 0 spiro atoms. The number of hydrogen-bond acceptors (Lipinski definition) is 5. The van der Waals surface area contributed by atoms with Gasteiger partial charge in [0.1, 0.15) is 12.5 Å². The first-order chi connectivity index (χ1) is 13.9. The predicted molar refractivity (Wildman–Crippen MR) is 112 cm³/mol. The minimum absolute atomic E-state index is 0.149. The number of hydrogen-bond donors (Lipinski definition) is 0. The van der Waals surface area contributed by atoms with Crippen LogP contribution in [0.15, 0.2) is 0 Å². The van der Waals surface area contributed by atoms with Gasteiger partial charge in [0.05, 0.1) is 0 Å². The molecule has 0 aromatic carbocycles. The SMILES string of the molecule is CCCCCCCCCCCC(=O)OC(C)N1C#C/C(C)=[N+](/CC(=O)[O-])CCC1. The smallest absolute Gasteiger partial charge is 0.307 e. The second-order valence-corrected chi connectivity index (χ2v) is 7.83. The minimum atomic E-state index is -1.11. The van der Waals surface area contributed by atoms with Gasteiger partial charge in [-0.25, -0.2) is 4.58 Å². The van der Waals surface area contributed by atoms with Crippen molar-refractivity contribution in [1.29, 1.82) is 0 Å². The van der Waals surface area contributed by atoms with Crippen LogP contribution in [0.3, 0.4) is 0 Å². The molecule has 1 unspecified atom stereocenters. The van der Waals surface area contributed by atoms with Gasteiger partial charge in [-0.3, -0.25) is 9.69 Å². The van der Waals surface area contributed by atoms with Crippen molar-refractivity contribution in [2.75, 3.05) is 19.6 Å². The number of carbonyl (C=O) groups excluding carboxylic acids is 2. The largest absolute Gasteiger partial charge is 0.544 e. The molecule has 1 atom stereocenters. The maximum atomic E-state index is 12.1. The fourth-order valence-electron chi connectivity index (χ4n) is 3.41. The predicted octanol–water partition coefficient (Wildman–Crippen LogP) is 2.69. The Labute approximate surface area is 176 Å². The standard InChI is InChI=1S/C23H38N2O4/c1-4-5-6-7-8-9-10-11-12-14-23(28)29-21(3)24-16-13-17-25(19-22(26)27)20(2)15-18-24/h21H,4-14,16-17,19H2,1-3H3. The maximum absolute atomic E-state index is 12.1. The highest BCUT2D eigenvalue weighted by atomic mass is 16.6. The molecule has 1 rings (SSSR count). The van der Waals surface area contributed by atoms with Crippen molar-refractivity contribution in [3.05, 3.63) is 0 Å². The summed E-state index contributed by atoms with van der Waals surface area (Å²) in [5, 5.41) is 10.8. The number of carbonyl (C=O) groups is 2. The van der Waals surface area contributed by atoms with Gasteiger partial charge in [-0.15, -0.1) is 0 Å². The van der Waals surface area contributed by atoms with E-state index >= 15 is 0 Å². The Bertz CT molecular complexity index is 604. The quantitative estimate of drug-likeness (QED) is 0.192. The third kappa shape index (κ3) is 11.5. The summed E-state index contributed by atoms with van der Waals surface area (Å²) in [7, 11) is 0. The number of carboxylic acid groups (broad SMARTS) is 1. The Kier molecular flexibility index (Phi) is 12.8. The summed E-state index contributed by atoms with van der Waals surface area (Å²) >= 11 is 0. The molecule has 164 valence electrons. The van der Waals surface area contributed by atoms with Crippen LogP contribution in [0.2, 0.25) is 0 Å². The first-order valence-corrected chi connectivity index (χ1v) is 11.2. The van der Waals surface area contributed by atoms with Crippen LogP contribution >= 0.6 is 0 Å². The molecule has 6 nitrogen and oxygen atoms in total. The molecule has 6 heteroatoms. The van der Waals surface area contributed by atoms with E-state index in [4.69, 9.17) is 4.74 Å². The van der Waals surface area contributed by atoms with Crippen molar-refractivity contribution < 1.29 is 24.0 Å². The molecular formula is C23H38N2O4. The highest BCUT2D eigenvalue weighted by molar-refractivity contribution is 5.94. The van der Waals surface area contributed by atoms with Crippen LogP contribution in [0.25, 0.3) is 0 Å². The van der Waals surface area contributed by atoms with E-state index in [-0.39, 0.29) is 12.5 Å². The summed E-state index contributed by atoms with van der Waals surface area (Å²) in [5.74, 6) is 1.68. The zero-order valence-electron chi connectivity index (χ0n) is 18.5. The molecule has 0 N–H and O–H groups in total. The minimum Gasteiger partial charge on any atom is -0.544 e. The summed E-state index contributed by atoms with van der Waals surface area (Å²) < 4.78 is 7.25. The number of nitrogens with zero attached hydrogens (tertiary/aromatic N) is 2. The van der Waals surface area contributed by atoms with Crippen molar-refractivity contribution >= 4 is 17.7 Å². The van der Waals surface area contributed by atoms with Gasteiger partial charge in [-0.2, -0.15) is 0 Å². The summed E-state index contributed by atoms with van der Waals surface area (Å²) in [5.41, 5.74) is 0.687. The van der Waals surface area contributed by atoms with Crippen molar-refractivity contribution in [2.24, 2.45) is 0 Å². The Morgan fingerprint density at radius 3 is 2.38 bits per heavy atom. The first-order valence-electron chi connectivity index (χ1n) is 11.2. The zero-order valence-corrected chi connectivity index (χ0v) is 18.5. The third-order valence-electron chi connectivity index (χ3n) is 5.23. The monoisotopic (exact) mass is 406 g/mol. The molecule has 0 aromatic heterocycles. The lowest BCUT2D eigenvalue weighted by atomic mass is 10.1. The van der Waals surface area contributed by atoms with Crippen LogP contribution in [-0.4, -0.2) is 53.0 Å². The molecule has 0 saturated heterocycles. The second-order valence-electron chi connectivity index (χ2n) is 7.83. The van der Waals surface area contributed by atoms with E-state index in [9.17, 15) is 14.7 Å². The van der Waals surface area contributed by atoms with Gasteiger partial charge in [-0.1, -0.05) is 58.3 Å². The molecule has 1 heterocycles. The average Bonchev–Trinajstić information content (AvgIpc) is 2.66. The molecule has 0 bridgehead atoms. The molecule has 0 aromatic rings. The molecular weight excluding hydrogens is 368 g/mol. The number of esters is 1. The van der Waals surface area contributed by atoms with E-state index in [0.717, 1.165) is 19.3 Å². The molecule has 0 saturated carbocycles. The molecule has 1 aliphatic rings. The number of aliphatic carboxylic acids is 1.